The Bertz CT molecular complexity index is 1960. The van der Waals surface area contributed by atoms with Gasteiger partial charge in [0.2, 0.25) is 0 Å². The van der Waals surface area contributed by atoms with E-state index in [1.807, 2.05) is 12.1 Å². The van der Waals surface area contributed by atoms with Crippen molar-refractivity contribution in [2.45, 2.75) is 25.7 Å². The number of alkyl halides is 3. The van der Waals surface area contributed by atoms with E-state index < -0.39 is 35.0 Å². The molecule has 0 amide bonds. The number of fused-ring (bicyclic) bond motifs is 1. The highest BCUT2D eigenvalue weighted by atomic mass is 79.9. The second kappa shape index (κ2) is 13.2. The van der Waals surface area contributed by atoms with E-state index in [1.165, 1.54) is 37.3 Å². The summed E-state index contributed by atoms with van der Waals surface area (Å²) >= 11 is 19.7. The van der Waals surface area contributed by atoms with Crippen LogP contribution in [-0.4, -0.2) is 23.3 Å². The zero-order chi connectivity index (χ0) is 31.8. The van der Waals surface area contributed by atoms with Gasteiger partial charge in [0.05, 0.1) is 27.2 Å². The summed E-state index contributed by atoms with van der Waals surface area (Å²) < 4.78 is 56.6. The molecule has 1 aliphatic heterocycles. The zero-order valence-electron chi connectivity index (χ0n) is 22.4. The van der Waals surface area contributed by atoms with Crippen LogP contribution in [0.5, 0.6) is 5.75 Å². The molecule has 1 aliphatic rings. The van der Waals surface area contributed by atoms with Crippen LogP contribution >= 0.6 is 66.4 Å². The molecule has 0 bridgehead atoms. The van der Waals surface area contributed by atoms with E-state index in [1.54, 1.807) is 24.3 Å². The Morgan fingerprint density at radius 3 is 2.32 bits per heavy atom. The van der Waals surface area contributed by atoms with E-state index in [9.17, 15) is 22.8 Å². The molecule has 6 nitrogen and oxygen atoms in total. The Balaban J connectivity index is 1.71. The molecule has 0 N–H and O–H groups in total. The number of aromatic nitrogens is 1. The first-order chi connectivity index (χ1) is 20.9. The molecule has 0 fully saturated rings. The summed E-state index contributed by atoms with van der Waals surface area (Å²) in [6.45, 7) is 1.47. The van der Waals surface area contributed by atoms with Crippen LogP contribution in [0.25, 0.3) is 6.08 Å². The number of nitrogens with zero attached hydrogens (tertiary/aromatic N) is 2. The van der Waals surface area contributed by atoms with Gasteiger partial charge in [0.1, 0.15) is 12.4 Å². The summed E-state index contributed by atoms with van der Waals surface area (Å²) in [6.07, 6.45) is -3.50. The molecule has 0 saturated carbocycles. The first-order valence-electron chi connectivity index (χ1n) is 12.8. The lowest BCUT2D eigenvalue weighted by atomic mass is 9.95. The second-order valence-electron chi connectivity index (χ2n) is 9.34. The van der Waals surface area contributed by atoms with Crippen LogP contribution in [0.3, 0.4) is 0 Å². The normalized spacial score (nSPS) is 15.2. The molecule has 14 heteroatoms. The van der Waals surface area contributed by atoms with Gasteiger partial charge < -0.3 is 9.47 Å². The van der Waals surface area contributed by atoms with Gasteiger partial charge in [0.25, 0.3) is 5.56 Å². The van der Waals surface area contributed by atoms with Crippen molar-refractivity contribution in [3.8, 4) is 5.75 Å². The summed E-state index contributed by atoms with van der Waals surface area (Å²) in [5.74, 6) is -0.835. The summed E-state index contributed by atoms with van der Waals surface area (Å²) in [5, 5.41) is 0.900. The highest BCUT2D eigenvalue weighted by molar-refractivity contribution is 9.11. The molecular formula is C30H19Br2Cl2F3N2O4S. The summed E-state index contributed by atoms with van der Waals surface area (Å²) in [5.41, 5.74) is -1.35. The van der Waals surface area contributed by atoms with Crippen molar-refractivity contribution >= 4 is 78.4 Å². The highest BCUT2D eigenvalue weighted by Gasteiger charge is 2.45. The van der Waals surface area contributed by atoms with Crippen molar-refractivity contribution in [2.75, 3.05) is 6.61 Å². The molecule has 0 radical (unpaired) electrons. The molecule has 1 atom stereocenters. The van der Waals surface area contributed by atoms with E-state index in [2.05, 4.69) is 36.9 Å². The predicted molar refractivity (Wildman–Crippen MR) is 170 cm³/mol. The smallest absolute Gasteiger partial charge is 0.434 e. The summed E-state index contributed by atoms with van der Waals surface area (Å²) in [4.78, 5) is 30.5. The van der Waals surface area contributed by atoms with E-state index >= 15 is 0 Å². The minimum absolute atomic E-state index is 0.0655. The fourth-order valence-corrected chi connectivity index (χ4v) is 7.13. The van der Waals surface area contributed by atoms with Gasteiger partial charge in [-0.2, -0.15) is 13.2 Å². The largest absolute Gasteiger partial charge is 0.487 e. The molecule has 0 spiro atoms. The van der Waals surface area contributed by atoms with Crippen molar-refractivity contribution in [3.63, 3.8) is 0 Å². The van der Waals surface area contributed by atoms with Gasteiger partial charge in [-0.25, -0.2) is 9.79 Å². The number of carbonyl (C=O) groups is 1. The van der Waals surface area contributed by atoms with Crippen LogP contribution in [-0.2, 0) is 16.1 Å². The van der Waals surface area contributed by atoms with Crippen molar-refractivity contribution < 1.29 is 27.4 Å². The van der Waals surface area contributed by atoms with Gasteiger partial charge in [-0.05, 0) is 76.5 Å². The number of esters is 1. The van der Waals surface area contributed by atoms with Gasteiger partial charge in [-0.15, -0.1) is 0 Å². The Hall–Kier alpha value is -2.90. The second-order valence-corrected chi connectivity index (χ2v) is 13.0. The molecule has 2 heterocycles. The van der Waals surface area contributed by atoms with Crippen LogP contribution in [0, 0.1) is 0 Å². The average Bonchev–Trinajstić information content (AvgIpc) is 3.27. The maximum Gasteiger partial charge on any atom is 0.434 e. The Labute approximate surface area is 279 Å². The van der Waals surface area contributed by atoms with Gasteiger partial charge in [0, 0.05) is 20.1 Å². The van der Waals surface area contributed by atoms with Crippen LogP contribution in [0.15, 0.2) is 90.7 Å². The maximum absolute atomic E-state index is 14.4. The van der Waals surface area contributed by atoms with Gasteiger partial charge >= 0.3 is 12.1 Å². The fraction of sp³-hybridized carbons (Fsp3) is 0.167. The SMILES string of the molecule is CCOC(=O)C1=C(C(F)(F)F)N=c2s/c(=C\c3cc(Br)cc(Br)c3OCc3ccc(Cl)cc3)c(=O)n2[C@H]1c1ccc(Cl)cc1. The molecule has 3 aromatic carbocycles. The standard InChI is InChI=1S/C30H19Br2Cl2F3N2O4S/c1-2-42-28(41)23-24(16-5-9-20(34)10-6-16)39-27(40)22(44-29(39)38-26(23)30(35,36)37)12-17-11-18(31)13-21(32)25(17)43-14-15-3-7-19(33)8-4-15/h3-13,24H,2,14H2,1H3/b22-12-/t24-/m0/s1. The third-order valence-electron chi connectivity index (χ3n) is 6.40. The van der Waals surface area contributed by atoms with Crippen molar-refractivity contribution in [3.05, 3.63) is 127 Å². The molecule has 1 aromatic heterocycles. The lowest BCUT2D eigenvalue weighted by molar-refractivity contribution is -0.140. The molecule has 228 valence electrons. The lowest BCUT2D eigenvalue weighted by Gasteiger charge is -2.26. The Morgan fingerprint density at radius 2 is 1.70 bits per heavy atom. The number of rotatable bonds is 7. The minimum atomic E-state index is -5.01. The molecule has 0 aliphatic carbocycles. The minimum Gasteiger partial charge on any atom is -0.487 e. The highest BCUT2D eigenvalue weighted by Crippen LogP contribution is 2.39. The van der Waals surface area contributed by atoms with Gasteiger partial charge in [-0.3, -0.25) is 9.36 Å². The number of hydrogen-bond acceptors (Lipinski definition) is 6. The van der Waals surface area contributed by atoms with Crippen LogP contribution < -0.4 is 19.6 Å². The number of ether oxygens (including phenoxy) is 2. The van der Waals surface area contributed by atoms with Crippen molar-refractivity contribution in [1.29, 1.82) is 0 Å². The predicted octanol–water partition coefficient (Wildman–Crippen LogP) is 7.75. The zero-order valence-corrected chi connectivity index (χ0v) is 27.9. The maximum atomic E-state index is 14.4. The van der Waals surface area contributed by atoms with E-state index in [4.69, 9.17) is 32.7 Å². The topological polar surface area (TPSA) is 69.9 Å². The van der Waals surface area contributed by atoms with Crippen molar-refractivity contribution in [1.82, 2.24) is 4.57 Å². The number of halogens is 7. The molecule has 44 heavy (non-hydrogen) atoms. The van der Waals surface area contributed by atoms with Gasteiger partial charge in [0.15, 0.2) is 10.5 Å². The van der Waals surface area contributed by atoms with E-state index in [-0.39, 0.29) is 28.1 Å². The van der Waals surface area contributed by atoms with Gasteiger partial charge in [-0.1, -0.05) is 74.7 Å². The summed E-state index contributed by atoms with van der Waals surface area (Å²) in [7, 11) is 0. The first kappa shape index (κ1) is 32.5. The molecule has 0 saturated heterocycles. The number of benzene rings is 3. The molecule has 0 unspecified atom stereocenters. The fourth-order valence-electron chi connectivity index (χ4n) is 4.52. The third-order valence-corrected chi connectivity index (χ3v) is 8.93. The Morgan fingerprint density at radius 1 is 1.07 bits per heavy atom. The van der Waals surface area contributed by atoms with Crippen LogP contribution in [0.2, 0.25) is 10.0 Å². The average molecular weight is 791 g/mol. The number of allylic oxidation sites excluding steroid dienone is 1. The quantitative estimate of drug-likeness (QED) is 0.180. The molecule has 5 rings (SSSR count). The van der Waals surface area contributed by atoms with E-state index in [0.717, 1.165) is 21.5 Å². The lowest BCUT2D eigenvalue weighted by Crippen LogP contribution is -2.41. The monoisotopic (exact) mass is 788 g/mol. The molecular weight excluding hydrogens is 772 g/mol. The van der Waals surface area contributed by atoms with Crippen LogP contribution in [0.1, 0.15) is 29.7 Å². The first-order valence-corrected chi connectivity index (χ1v) is 15.9. The Kier molecular flexibility index (Phi) is 9.76. The number of thiazole rings is 1. The number of carbonyl (C=O) groups excluding carboxylic acids is 1. The third kappa shape index (κ3) is 6.84. The van der Waals surface area contributed by atoms with E-state index in [0.29, 0.717) is 30.3 Å². The number of hydrogen-bond donors (Lipinski definition) is 0. The van der Waals surface area contributed by atoms with Crippen molar-refractivity contribution in [2.24, 2.45) is 4.99 Å². The summed E-state index contributed by atoms with van der Waals surface area (Å²) in [6, 6.07) is 14.9. The van der Waals surface area contributed by atoms with Crippen LogP contribution in [0.4, 0.5) is 13.2 Å². The molecule has 4 aromatic rings.